The molecule has 3 saturated carbocycles. The minimum absolute atomic E-state index is 0.0215. The summed E-state index contributed by atoms with van der Waals surface area (Å²) in [7, 11) is 0. The molecule has 1 amide bonds. The molecule has 6 rings (SSSR count). The van der Waals surface area contributed by atoms with Crippen LogP contribution in [-0.4, -0.2) is 46.4 Å². The second-order valence-corrected chi connectivity index (χ2v) is 10.5. The summed E-state index contributed by atoms with van der Waals surface area (Å²) < 4.78 is 46.4. The van der Waals surface area contributed by atoms with E-state index >= 15 is 0 Å². The number of fused-ring (bicyclic) bond motifs is 5. The van der Waals surface area contributed by atoms with Crippen LogP contribution in [0.1, 0.15) is 58.3 Å². The maximum Gasteiger partial charge on any atom is 0.471 e. The minimum atomic E-state index is -4.93. The van der Waals surface area contributed by atoms with Crippen molar-refractivity contribution in [3.63, 3.8) is 0 Å². The van der Waals surface area contributed by atoms with Gasteiger partial charge in [0.05, 0.1) is 0 Å². The fraction of sp³-hybridized carbons (Fsp3) is 0.783. The molecule has 0 N–H and O–H groups in total. The molecule has 0 aromatic rings. The normalized spacial score (nSPS) is 45.8. The number of ether oxygens (including phenoxy) is 1. The first kappa shape index (κ1) is 19.8. The summed E-state index contributed by atoms with van der Waals surface area (Å²) in [4.78, 5) is 39.7. The molecule has 1 saturated heterocycles. The number of amides is 1. The Hall–Kier alpha value is -1.86. The zero-order valence-electron chi connectivity index (χ0n) is 17.4. The Morgan fingerprint density at radius 1 is 1.13 bits per heavy atom. The van der Waals surface area contributed by atoms with Gasteiger partial charge in [-0.3, -0.25) is 9.59 Å². The Balaban J connectivity index is 1.48. The number of piperidine rings is 1. The molecule has 6 aliphatic rings. The number of likely N-dealkylation sites (tertiary alicyclic amines) is 1. The summed E-state index contributed by atoms with van der Waals surface area (Å²) in [6.07, 6.45) is 0.853. The molecule has 0 aromatic heterocycles. The van der Waals surface area contributed by atoms with E-state index in [9.17, 15) is 27.6 Å². The molecular weight excluding hydrogens is 411 g/mol. The van der Waals surface area contributed by atoms with Crippen LogP contribution in [0.25, 0.3) is 0 Å². The molecule has 0 aromatic carbocycles. The third-order valence-electron chi connectivity index (χ3n) is 9.29. The van der Waals surface area contributed by atoms with Crippen LogP contribution in [0.15, 0.2) is 11.1 Å². The van der Waals surface area contributed by atoms with Crippen molar-refractivity contribution in [2.24, 2.45) is 29.6 Å². The number of rotatable bonds is 0. The van der Waals surface area contributed by atoms with Crippen LogP contribution in [0.2, 0.25) is 0 Å². The van der Waals surface area contributed by atoms with E-state index < -0.39 is 35.7 Å². The first-order chi connectivity index (χ1) is 14.6. The van der Waals surface area contributed by atoms with Crippen molar-refractivity contribution in [3.05, 3.63) is 11.1 Å². The van der Waals surface area contributed by atoms with Gasteiger partial charge in [0, 0.05) is 23.9 Å². The first-order valence-corrected chi connectivity index (χ1v) is 11.6. The number of esters is 1. The van der Waals surface area contributed by atoms with Crippen LogP contribution in [-0.2, 0) is 19.1 Å². The molecule has 4 fully saturated rings. The molecule has 8 heteroatoms. The lowest BCUT2D eigenvalue weighted by Gasteiger charge is -2.53. The van der Waals surface area contributed by atoms with Crippen molar-refractivity contribution >= 4 is 17.7 Å². The second kappa shape index (κ2) is 6.13. The number of Topliss-reactive ketones (excluding diaryl/α,β-unsaturated/α-hetero) is 1. The molecule has 0 radical (unpaired) electrons. The minimum Gasteiger partial charge on any atom is -0.450 e. The van der Waals surface area contributed by atoms with Gasteiger partial charge in [-0.2, -0.15) is 13.2 Å². The zero-order valence-corrected chi connectivity index (χ0v) is 17.4. The fourth-order valence-corrected chi connectivity index (χ4v) is 8.40. The van der Waals surface area contributed by atoms with Crippen molar-refractivity contribution in [2.75, 3.05) is 0 Å². The Morgan fingerprint density at radius 3 is 2.61 bits per heavy atom. The summed E-state index contributed by atoms with van der Waals surface area (Å²) in [5.41, 5.74) is 0.0215. The molecule has 1 spiro atoms. The predicted molar refractivity (Wildman–Crippen MR) is 101 cm³/mol. The van der Waals surface area contributed by atoms with Gasteiger partial charge in [0.25, 0.3) is 0 Å². The van der Waals surface area contributed by atoms with Crippen LogP contribution in [0.3, 0.4) is 0 Å². The number of halogens is 3. The highest BCUT2D eigenvalue weighted by Crippen LogP contribution is 2.68. The van der Waals surface area contributed by atoms with Crippen molar-refractivity contribution in [1.82, 2.24) is 4.90 Å². The molecule has 1 unspecified atom stereocenters. The molecule has 8 atom stereocenters. The number of ketones is 1. The smallest absolute Gasteiger partial charge is 0.450 e. The first-order valence-electron chi connectivity index (χ1n) is 11.6. The lowest BCUT2D eigenvalue weighted by Crippen LogP contribution is -2.63. The maximum atomic E-state index is 13.5. The standard InChI is InChI=1S/C23H26F3NO4/c1-10-6-7-14-15(27(10)21(30)23(24,25)26)8-11-9-22(14)18-16(11)12-4-2-3-5-13(12)19(28)17(18)20(29)31-22/h10-16H,2-9H2,1H3/t10-,11-,12+,13+,14+,15+,16?,22+/m0/s1. The largest absolute Gasteiger partial charge is 0.471 e. The van der Waals surface area contributed by atoms with Gasteiger partial charge < -0.3 is 9.64 Å². The molecule has 2 bridgehead atoms. The zero-order chi connectivity index (χ0) is 21.9. The predicted octanol–water partition coefficient (Wildman–Crippen LogP) is 3.57. The van der Waals surface area contributed by atoms with Gasteiger partial charge in [0.2, 0.25) is 0 Å². The van der Waals surface area contributed by atoms with Crippen LogP contribution in [0.5, 0.6) is 0 Å². The highest BCUT2D eigenvalue weighted by atomic mass is 19.4. The monoisotopic (exact) mass is 437 g/mol. The van der Waals surface area contributed by atoms with E-state index in [0.29, 0.717) is 25.7 Å². The van der Waals surface area contributed by atoms with Crippen molar-refractivity contribution in [3.8, 4) is 0 Å². The summed E-state index contributed by atoms with van der Waals surface area (Å²) in [5, 5.41) is 0. The van der Waals surface area contributed by atoms with Gasteiger partial charge in [0.15, 0.2) is 5.78 Å². The topological polar surface area (TPSA) is 63.7 Å². The summed E-state index contributed by atoms with van der Waals surface area (Å²) >= 11 is 0. The van der Waals surface area contributed by atoms with Crippen LogP contribution in [0, 0.1) is 29.6 Å². The van der Waals surface area contributed by atoms with Crippen LogP contribution >= 0.6 is 0 Å². The molecule has 4 aliphatic carbocycles. The lowest BCUT2D eigenvalue weighted by atomic mass is 9.61. The Labute approximate surface area is 178 Å². The van der Waals surface area contributed by atoms with E-state index in [1.807, 2.05) is 0 Å². The number of alkyl halides is 3. The van der Waals surface area contributed by atoms with Crippen LogP contribution < -0.4 is 0 Å². The molecule has 168 valence electrons. The van der Waals surface area contributed by atoms with E-state index in [1.54, 1.807) is 6.92 Å². The Bertz CT molecular complexity index is 926. The molecular formula is C23H26F3NO4. The van der Waals surface area contributed by atoms with E-state index in [2.05, 4.69) is 0 Å². The third kappa shape index (κ3) is 2.37. The number of hydrogen-bond donors (Lipinski definition) is 0. The van der Waals surface area contributed by atoms with Crippen molar-refractivity contribution < 1.29 is 32.3 Å². The Kier molecular flexibility index (Phi) is 3.92. The highest BCUT2D eigenvalue weighted by Gasteiger charge is 2.72. The van der Waals surface area contributed by atoms with Crippen LogP contribution in [0.4, 0.5) is 13.2 Å². The van der Waals surface area contributed by atoms with Gasteiger partial charge in [0.1, 0.15) is 11.2 Å². The second-order valence-electron chi connectivity index (χ2n) is 10.5. The molecule has 31 heavy (non-hydrogen) atoms. The van der Waals surface area contributed by atoms with Gasteiger partial charge in [-0.1, -0.05) is 12.8 Å². The number of carbonyl (C=O) groups excluding carboxylic acids is 3. The summed E-state index contributed by atoms with van der Waals surface area (Å²) in [6, 6.07) is -1.13. The average molecular weight is 437 g/mol. The van der Waals surface area contributed by atoms with Gasteiger partial charge in [-0.15, -0.1) is 0 Å². The van der Waals surface area contributed by atoms with Crippen molar-refractivity contribution in [2.45, 2.75) is 82.2 Å². The SMILES string of the molecule is C[C@H]1CC[C@@H]2[C@@H](C[C@H]3C[C@@]24OC(=O)C2=C4C3[C@@H]3CCCC[C@H]3C2=O)N1C(=O)C(F)(F)F. The third-order valence-corrected chi connectivity index (χ3v) is 9.29. The molecule has 2 aliphatic heterocycles. The van der Waals surface area contributed by atoms with Gasteiger partial charge in [-0.25, -0.2) is 4.79 Å². The van der Waals surface area contributed by atoms with Gasteiger partial charge >= 0.3 is 18.1 Å². The highest BCUT2D eigenvalue weighted by molar-refractivity contribution is 6.21. The Morgan fingerprint density at radius 2 is 1.87 bits per heavy atom. The average Bonchev–Trinajstić information content (AvgIpc) is 3.13. The van der Waals surface area contributed by atoms with E-state index in [4.69, 9.17) is 4.74 Å². The number of carbonyl (C=O) groups is 3. The number of hydrogen-bond acceptors (Lipinski definition) is 4. The van der Waals surface area contributed by atoms with E-state index in [1.165, 1.54) is 0 Å². The lowest BCUT2D eigenvalue weighted by molar-refractivity contribution is -0.201. The summed E-state index contributed by atoms with van der Waals surface area (Å²) in [5.74, 6) is -2.81. The summed E-state index contributed by atoms with van der Waals surface area (Å²) in [6.45, 7) is 1.67. The van der Waals surface area contributed by atoms with Gasteiger partial charge in [-0.05, 0) is 68.8 Å². The quantitative estimate of drug-likeness (QED) is 0.429. The number of nitrogens with zero attached hydrogens (tertiary/aromatic N) is 1. The maximum absolute atomic E-state index is 13.5. The molecule has 5 nitrogen and oxygen atoms in total. The fourth-order valence-electron chi connectivity index (χ4n) is 8.40. The van der Waals surface area contributed by atoms with Crippen molar-refractivity contribution in [1.29, 1.82) is 0 Å². The molecule has 2 heterocycles. The van der Waals surface area contributed by atoms with E-state index in [0.717, 1.165) is 36.2 Å². The van der Waals surface area contributed by atoms with E-state index in [-0.39, 0.29) is 40.9 Å².